The molecule has 4 saturated heterocycles. The van der Waals surface area contributed by atoms with Crippen molar-refractivity contribution in [2.75, 3.05) is 37.7 Å². The first-order valence-corrected chi connectivity index (χ1v) is 16.0. The van der Waals surface area contributed by atoms with Crippen LogP contribution in [0.1, 0.15) is 53.7 Å². The number of aromatic hydroxyl groups is 1. The van der Waals surface area contributed by atoms with Gasteiger partial charge in [-0.3, -0.25) is 9.88 Å². The molecule has 3 atom stereocenters. The number of anilines is 1. The van der Waals surface area contributed by atoms with Crippen LogP contribution in [0.2, 0.25) is 0 Å². The van der Waals surface area contributed by atoms with Crippen molar-refractivity contribution in [3.8, 4) is 35.4 Å². The summed E-state index contributed by atoms with van der Waals surface area (Å²) in [7, 11) is 0. The Balaban J connectivity index is 1.28. The molecular formula is C36H34F4N6O2. The van der Waals surface area contributed by atoms with Gasteiger partial charge in [-0.15, -0.1) is 6.42 Å². The van der Waals surface area contributed by atoms with E-state index in [1.807, 2.05) is 9.80 Å². The van der Waals surface area contributed by atoms with Crippen LogP contribution < -0.4 is 15.0 Å². The van der Waals surface area contributed by atoms with Gasteiger partial charge in [0, 0.05) is 56.7 Å². The van der Waals surface area contributed by atoms with Crippen LogP contribution >= 0.6 is 0 Å². The molecule has 0 aliphatic carbocycles. The van der Waals surface area contributed by atoms with Crippen LogP contribution in [0.5, 0.6) is 11.8 Å². The van der Waals surface area contributed by atoms with Crippen molar-refractivity contribution in [1.82, 2.24) is 25.2 Å². The Morgan fingerprint density at radius 1 is 1.25 bits per heavy atom. The first-order chi connectivity index (χ1) is 23.8. The Kier molecular flexibility index (Phi) is 6.72. The van der Waals surface area contributed by atoms with E-state index in [4.69, 9.17) is 18.9 Å². The number of rotatable bonds is 6. The molecule has 0 unspecified atom stereocenters. The molecule has 4 aliphatic rings. The summed E-state index contributed by atoms with van der Waals surface area (Å²) in [5.41, 5.74) is -1.93. The maximum atomic E-state index is 17.0. The van der Waals surface area contributed by atoms with Gasteiger partial charge in [-0.05, 0) is 68.6 Å². The minimum atomic E-state index is -1.68. The Bertz CT molecular complexity index is 2150. The van der Waals surface area contributed by atoms with Gasteiger partial charge in [-0.1, -0.05) is 18.9 Å². The van der Waals surface area contributed by atoms with Crippen LogP contribution in [0.4, 0.5) is 23.4 Å². The second-order valence-electron chi connectivity index (χ2n) is 13.3. The summed E-state index contributed by atoms with van der Waals surface area (Å²) < 4.78 is 82.7. The van der Waals surface area contributed by atoms with Crippen molar-refractivity contribution in [3.63, 3.8) is 0 Å². The average Bonchev–Trinajstić information content (AvgIpc) is 3.74. The summed E-state index contributed by atoms with van der Waals surface area (Å²) in [6.07, 6.45) is 6.74. The van der Waals surface area contributed by atoms with E-state index in [0.717, 1.165) is 12.8 Å². The molecule has 2 aromatic heterocycles. The summed E-state index contributed by atoms with van der Waals surface area (Å²) in [5, 5.41) is 14.9. The lowest BCUT2D eigenvalue weighted by Crippen LogP contribution is -2.59. The summed E-state index contributed by atoms with van der Waals surface area (Å²) in [6.45, 7) is 3.02. The first-order valence-electron chi connectivity index (χ1n) is 17.0. The summed E-state index contributed by atoms with van der Waals surface area (Å²) in [5.74, 6) is 0.846. The number of nitrogens with one attached hydrogen (secondary N) is 1. The van der Waals surface area contributed by atoms with Crippen LogP contribution in [0, 0.1) is 24.0 Å². The topological polar surface area (TPSA) is 86.6 Å². The van der Waals surface area contributed by atoms with E-state index in [1.165, 1.54) is 37.4 Å². The zero-order valence-electron chi connectivity index (χ0n) is 28.2. The normalized spacial score (nSPS) is 26.1. The maximum Gasteiger partial charge on any atom is 0.319 e. The molecule has 8 nitrogen and oxygen atoms in total. The van der Waals surface area contributed by atoms with Crippen molar-refractivity contribution in [3.05, 3.63) is 59.3 Å². The van der Waals surface area contributed by atoms with Gasteiger partial charge < -0.3 is 20.1 Å². The minimum absolute atomic E-state index is 0.00190. The molecule has 6 heterocycles. The number of piperazine rings is 1. The van der Waals surface area contributed by atoms with Crippen molar-refractivity contribution >= 4 is 27.5 Å². The Hall–Kier alpha value is -4.47. The zero-order chi connectivity index (χ0) is 35.2. The van der Waals surface area contributed by atoms with E-state index in [0.29, 0.717) is 37.1 Å². The maximum absolute atomic E-state index is 17.0. The number of phenolic OH excluding ortho intramolecular Hbond substituents is 1. The Labute approximate surface area is 277 Å². The summed E-state index contributed by atoms with van der Waals surface area (Å²) >= 11 is 0. The monoisotopic (exact) mass is 660 g/mol. The number of nitrogens with zero attached hydrogens (tertiary/aromatic N) is 5. The molecule has 4 aliphatic heterocycles. The fourth-order valence-electron chi connectivity index (χ4n) is 8.24. The lowest BCUT2D eigenvalue weighted by atomic mass is 9.93. The van der Waals surface area contributed by atoms with E-state index in [2.05, 4.69) is 21.2 Å². The molecule has 0 radical (unpaired) electrons. The Morgan fingerprint density at radius 3 is 2.90 bits per heavy atom. The number of terminal acetylenes is 1. The fraction of sp³-hybridized carbons (Fsp3) is 0.417. The number of halogens is 4. The smallest absolute Gasteiger partial charge is 0.319 e. The van der Waals surface area contributed by atoms with E-state index < -0.39 is 35.2 Å². The number of hydrogen-bond acceptors (Lipinski definition) is 8. The van der Waals surface area contributed by atoms with E-state index in [9.17, 15) is 18.3 Å². The molecule has 0 saturated carbocycles. The SMILES string of the molecule is [2H]C([2H])(C)[C@@]12CC[C@@H](CN(c3nc(OC[C@@]45CCCN4CC(=C(F)F)C5)nc4c(F)c(-c5cc(O)cc6ccc(F)c(C#C)c56)ncc34)C1)N2. The van der Waals surface area contributed by atoms with Gasteiger partial charge in [0.2, 0.25) is 0 Å². The second-order valence-corrected chi connectivity index (χ2v) is 13.3. The highest BCUT2D eigenvalue weighted by Gasteiger charge is 2.49. The molecule has 248 valence electrons. The predicted octanol–water partition coefficient (Wildman–Crippen LogP) is 6.30. The standard InChI is InChI=1S/C36H34F4N6O2/c1-3-24-27(37)7-6-20-12-23(47)13-25(28(20)24)30-29(38)31-26(15-41-30)33(45-17-22-8-10-35(4-2,18-45)44-22)43-34(42-31)48-19-36-9-5-11-46(36)16-21(14-36)32(39)40/h1,6-7,12-13,15,22,44,47H,4-5,8-11,14,16-19H2,2H3/t22-,35+,36-/m0/s1/i4D2. The van der Waals surface area contributed by atoms with E-state index in [-0.39, 0.29) is 82.6 Å². The highest BCUT2D eigenvalue weighted by Crippen LogP contribution is 2.44. The van der Waals surface area contributed by atoms with Gasteiger partial charge in [-0.2, -0.15) is 18.7 Å². The average molecular weight is 661 g/mol. The molecule has 4 fully saturated rings. The number of hydrogen-bond donors (Lipinski definition) is 2. The second kappa shape index (κ2) is 11.3. The predicted molar refractivity (Wildman–Crippen MR) is 174 cm³/mol. The van der Waals surface area contributed by atoms with Gasteiger partial charge >= 0.3 is 6.01 Å². The molecule has 2 bridgehead atoms. The fourth-order valence-corrected chi connectivity index (χ4v) is 8.24. The van der Waals surface area contributed by atoms with Crippen molar-refractivity contribution in [1.29, 1.82) is 0 Å². The van der Waals surface area contributed by atoms with Gasteiger partial charge in [0.25, 0.3) is 6.08 Å². The van der Waals surface area contributed by atoms with Gasteiger partial charge in [-0.25, -0.2) is 8.78 Å². The van der Waals surface area contributed by atoms with Crippen LogP contribution in [0.3, 0.4) is 0 Å². The molecule has 12 heteroatoms. The number of phenols is 1. The lowest BCUT2D eigenvalue weighted by molar-refractivity contribution is 0.108. The van der Waals surface area contributed by atoms with Crippen molar-refractivity contribution in [2.45, 2.75) is 62.5 Å². The third-order valence-electron chi connectivity index (χ3n) is 10.6. The molecule has 8 rings (SSSR count). The highest BCUT2D eigenvalue weighted by atomic mass is 19.3. The third kappa shape index (κ3) is 4.86. The highest BCUT2D eigenvalue weighted by molar-refractivity contribution is 6.03. The van der Waals surface area contributed by atoms with Gasteiger partial charge in [0.15, 0.2) is 5.82 Å². The van der Waals surface area contributed by atoms with E-state index in [1.54, 1.807) is 0 Å². The Morgan fingerprint density at radius 2 is 2.10 bits per heavy atom. The molecule has 2 N–H and O–H groups in total. The lowest BCUT2D eigenvalue weighted by Gasteiger charge is -2.42. The molecule has 0 amide bonds. The van der Waals surface area contributed by atoms with Crippen LogP contribution in [-0.4, -0.2) is 74.9 Å². The van der Waals surface area contributed by atoms with Crippen LogP contribution in [0.25, 0.3) is 32.9 Å². The number of pyridine rings is 1. The van der Waals surface area contributed by atoms with Gasteiger partial charge in [0.1, 0.15) is 35.2 Å². The first kappa shape index (κ1) is 28.5. The largest absolute Gasteiger partial charge is 0.508 e. The van der Waals surface area contributed by atoms with Gasteiger partial charge in [0.05, 0.1) is 16.5 Å². The van der Waals surface area contributed by atoms with Crippen molar-refractivity contribution in [2.24, 2.45) is 0 Å². The summed E-state index contributed by atoms with van der Waals surface area (Å²) in [4.78, 5) is 17.6. The molecular weight excluding hydrogens is 624 g/mol. The molecule has 0 spiro atoms. The number of ether oxygens (including phenoxy) is 1. The molecule has 4 aromatic rings. The number of fused-ring (bicyclic) bond motifs is 5. The van der Waals surface area contributed by atoms with Crippen LogP contribution in [-0.2, 0) is 0 Å². The number of benzene rings is 2. The molecule has 2 aromatic carbocycles. The van der Waals surface area contributed by atoms with Crippen LogP contribution in [0.15, 0.2) is 42.1 Å². The zero-order valence-corrected chi connectivity index (χ0v) is 26.2. The third-order valence-corrected chi connectivity index (χ3v) is 10.6. The summed E-state index contributed by atoms with van der Waals surface area (Å²) in [6, 6.07) is 5.06. The van der Waals surface area contributed by atoms with E-state index >= 15 is 4.39 Å². The van der Waals surface area contributed by atoms with Crippen molar-refractivity contribution < 1.29 is 30.1 Å². The minimum Gasteiger partial charge on any atom is -0.508 e. The quantitative estimate of drug-likeness (QED) is 0.184. The number of aromatic nitrogens is 3. The molecule has 48 heavy (non-hydrogen) atoms.